The van der Waals surface area contributed by atoms with Gasteiger partial charge in [0.15, 0.2) is 0 Å². The number of carbonyl (C=O) groups is 2. The molecule has 2 amide bonds. The number of nitrogens with one attached hydrogen (secondary N) is 2. The first-order chi connectivity index (χ1) is 17.6. The van der Waals surface area contributed by atoms with E-state index in [9.17, 15) is 14.0 Å². The first-order valence-corrected chi connectivity index (χ1v) is 12.6. The van der Waals surface area contributed by atoms with Crippen molar-refractivity contribution in [2.75, 3.05) is 77.0 Å². The number of nitrogens with zero attached hydrogens (tertiary/aromatic N) is 4. The fourth-order valence-electron chi connectivity index (χ4n) is 4.65. The maximum Gasteiger partial charge on any atom is 0.309 e. The van der Waals surface area contributed by atoms with Gasteiger partial charge < -0.3 is 20.3 Å². The second kappa shape index (κ2) is 13.3. The molecule has 0 radical (unpaired) electrons. The standard InChI is InChI=1S/C26H35FN6O3/c27-22-4-6-23(7-5-22)32-11-13-33(14-12-32)24(21-3-1-8-28-19-21)20-30-26(35)25(34)29-9-2-10-31-15-17-36-18-16-31/h1,3-8,19,24H,2,9-18,20H2,(H,29,34)(H,30,35)/t24-/m1/s1. The summed E-state index contributed by atoms with van der Waals surface area (Å²) >= 11 is 0. The summed E-state index contributed by atoms with van der Waals surface area (Å²) in [6.45, 7) is 8.02. The lowest BCUT2D eigenvalue weighted by molar-refractivity contribution is -0.139. The number of morpholine rings is 1. The number of hydrogen-bond donors (Lipinski definition) is 2. The van der Waals surface area contributed by atoms with Crippen LogP contribution in [0.15, 0.2) is 48.8 Å². The number of amides is 2. The van der Waals surface area contributed by atoms with Crippen molar-refractivity contribution < 1.29 is 18.7 Å². The summed E-state index contributed by atoms with van der Waals surface area (Å²) in [5.74, 6) is -1.48. The lowest BCUT2D eigenvalue weighted by atomic mass is 10.1. The third kappa shape index (κ3) is 7.46. The molecular weight excluding hydrogens is 463 g/mol. The van der Waals surface area contributed by atoms with Gasteiger partial charge in [-0.05, 0) is 48.9 Å². The molecule has 0 bridgehead atoms. The van der Waals surface area contributed by atoms with Crippen molar-refractivity contribution >= 4 is 17.5 Å². The lowest BCUT2D eigenvalue weighted by Gasteiger charge is -2.40. The molecule has 2 fully saturated rings. The molecule has 1 aromatic heterocycles. The Kier molecular flexibility index (Phi) is 9.60. The SMILES string of the molecule is O=C(NCCCN1CCOCC1)C(=O)NC[C@H](c1cccnc1)N1CCN(c2ccc(F)cc2)CC1. The molecule has 0 unspecified atom stereocenters. The predicted octanol–water partition coefficient (Wildman–Crippen LogP) is 1.04. The minimum absolute atomic E-state index is 0.105. The van der Waals surface area contributed by atoms with Crippen LogP contribution in [0.1, 0.15) is 18.0 Å². The third-order valence-corrected chi connectivity index (χ3v) is 6.72. The quantitative estimate of drug-likeness (QED) is 0.394. The summed E-state index contributed by atoms with van der Waals surface area (Å²) in [6.07, 6.45) is 4.31. The van der Waals surface area contributed by atoms with Gasteiger partial charge in [-0.1, -0.05) is 6.07 Å². The highest BCUT2D eigenvalue weighted by molar-refractivity contribution is 6.35. The van der Waals surface area contributed by atoms with Crippen LogP contribution in [0.5, 0.6) is 0 Å². The van der Waals surface area contributed by atoms with E-state index in [4.69, 9.17) is 4.74 Å². The van der Waals surface area contributed by atoms with Gasteiger partial charge in [0.05, 0.1) is 19.3 Å². The van der Waals surface area contributed by atoms with Crippen molar-refractivity contribution in [1.29, 1.82) is 0 Å². The van der Waals surface area contributed by atoms with Crippen molar-refractivity contribution in [2.24, 2.45) is 0 Å². The first kappa shape index (κ1) is 26.0. The number of piperazine rings is 1. The Balaban J connectivity index is 1.26. The molecule has 194 valence electrons. The fraction of sp³-hybridized carbons (Fsp3) is 0.500. The molecule has 2 aliphatic rings. The number of pyridine rings is 1. The van der Waals surface area contributed by atoms with Crippen molar-refractivity contribution in [3.05, 3.63) is 60.2 Å². The summed E-state index contributed by atoms with van der Waals surface area (Å²) in [5, 5.41) is 5.54. The molecule has 0 saturated carbocycles. The third-order valence-electron chi connectivity index (χ3n) is 6.72. The molecule has 0 aliphatic carbocycles. The Morgan fingerprint density at radius 2 is 1.69 bits per heavy atom. The first-order valence-electron chi connectivity index (χ1n) is 12.6. The van der Waals surface area contributed by atoms with E-state index >= 15 is 0 Å². The number of halogens is 1. The van der Waals surface area contributed by atoms with Gasteiger partial charge in [0.1, 0.15) is 5.82 Å². The zero-order chi connectivity index (χ0) is 25.2. The maximum absolute atomic E-state index is 13.3. The van der Waals surface area contributed by atoms with E-state index < -0.39 is 11.8 Å². The zero-order valence-electron chi connectivity index (χ0n) is 20.6. The van der Waals surface area contributed by atoms with Crippen LogP contribution in [0.3, 0.4) is 0 Å². The van der Waals surface area contributed by atoms with Gasteiger partial charge in [0.2, 0.25) is 0 Å². The highest BCUT2D eigenvalue weighted by atomic mass is 19.1. The smallest absolute Gasteiger partial charge is 0.309 e. The molecule has 2 aliphatic heterocycles. The topological polar surface area (TPSA) is 90.0 Å². The molecular formula is C26H35FN6O3. The molecule has 3 heterocycles. The van der Waals surface area contributed by atoms with Gasteiger partial charge in [0, 0.05) is 70.4 Å². The van der Waals surface area contributed by atoms with Crippen molar-refractivity contribution in [3.63, 3.8) is 0 Å². The number of rotatable bonds is 9. The average molecular weight is 499 g/mol. The Labute approximate surface area is 211 Å². The van der Waals surface area contributed by atoms with Gasteiger partial charge in [-0.25, -0.2) is 4.39 Å². The normalized spacial score (nSPS) is 18.0. The molecule has 2 aromatic rings. The van der Waals surface area contributed by atoms with Crippen molar-refractivity contribution in [2.45, 2.75) is 12.5 Å². The number of anilines is 1. The van der Waals surface area contributed by atoms with Gasteiger partial charge in [-0.15, -0.1) is 0 Å². The molecule has 0 spiro atoms. The van der Waals surface area contributed by atoms with E-state index in [1.165, 1.54) is 12.1 Å². The van der Waals surface area contributed by atoms with Crippen LogP contribution in [0.25, 0.3) is 0 Å². The van der Waals surface area contributed by atoms with Gasteiger partial charge in [-0.3, -0.25) is 24.4 Å². The second-order valence-corrected chi connectivity index (χ2v) is 9.08. The van der Waals surface area contributed by atoms with Crippen LogP contribution in [0, 0.1) is 5.82 Å². The molecule has 36 heavy (non-hydrogen) atoms. The van der Waals surface area contributed by atoms with E-state index in [-0.39, 0.29) is 11.9 Å². The molecule has 9 nitrogen and oxygen atoms in total. The van der Waals surface area contributed by atoms with E-state index in [0.717, 1.165) is 76.7 Å². The van der Waals surface area contributed by atoms with Crippen molar-refractivity contribution in [1.82, 2.24) is 25.4 Å². The van der Waals surface area contributed by atoms with Crippen LogP contribution in [-0.4, -0.2) is 98.7 Å². The zero-order valence-corrected chi connectivity index (χ0v) is 20.6. The largest absolute Gasteiger partial charge is 0.379 e. The molecule has 1 aromatic carbocycles. The summed E-state index contributed by atoms with van der Waals surface area (Å²) in [4.78, 5) is 35.9. The van der Waals surface area contributed by atoms with Gasteiger partial charge >= 0.3 is 11.8 Å². The van der Waals surface area contributed by atoms with Crippen LogP contribution in [0.4, 0.5) is 10.1 Å². The van der Waals surface area contributed by atoms with E-state index in [0.29, 0.717) is 13.1 Å². The molecule has 2 N–H and O–H groups in total. The van der Waals surface area contributed by atoms with Crippen LogP contribution >= 0.6 is 0 Å². The van der Waals surface area contributed by atoms with Crippen LogP contribution < -0.4 is 15.5 Å². The minimum Gasteiger partial charge on any atom is -0.379 e. The minimum atomic E-state index is -0.625. The number of benzene rings is 1. The predicted molar refractivity (Wildman–Crippen MR) is 135 cm³/mol. The number of ether oxygens (including phenoxy) is 1. The van der Waals surface area contributed by atoms with Crippen molar-refractivity contribution in [3.8, 4) is 0 Å². The number of hydrogen-bond acceptors (Lipinski definition) is 7. The Hall–Kier alpha value is -3.08. The number of carbonyl (C=O) groups excluding carboxylic acids is 2. The maximum atomic E-state index is 13.3. The van der Waals surface area contributed by atoms with E-state index in [2.05, 4.69) is 30.3 Å². The lowest BCUT2D eigenvalue weighted by Crippen LogP contribution is -2.51. The number of aromatic nitrogens is 1. The van der Waals surface area contributed by atoms with E-state index in [1.54, 1.807) is 24.5 Å². The van der Waals surface area contributed by atoms with E-state index in [1.807, 2.05) is 12.1 Å². The summed E-state index contributed by atoms with van der Waals surface area (Å²) < 4.78 is 18.6. The monoisotopic (exact) mass is 498 g/mol. The van der Waals surface area contributed by atoms with Crippen LogP contribution in [-0.2, 0) is 14.3 Å². The van der Waals surface area contributed by atoms with Gasteiger partial charge in [0.25, 0.3) is 0 Å². The summed E-state index contributed by atoms with van der Waals surface area (Å²) in [7, 11) is 0. The highest BCUT2D eigenvalue weighted by Crippen LogP contribution is 2.23. The Morgan fingerprint density at radius 3 is 2.39 bits per heavy atom. The molecule has 1 atom stereocenters. The Morgan fingerprint density at radius 1 is 0.972 bits per heavy atom. The van der Waals surface area contributed by atoms with Gasteiger partial charge in [-0.2, -0.15) is 0 Å². The highest BCUT2D eigenvalue weighted by Gasteiger charge is 2.27. The molecule has 2 saturated heterocycles. The fourth-order valence-corrected chi connectivity index (χ4v) is 4.65. The molecule has 10 heteroatoms. The Bertz CT molecular complexity index is 963. The molecule has 4 rings (SSSR count). The second-order valence-electron chi connectivity index (χ2n) is 9.08. The summed E-state index contributed by atoms with van der Waals surface area (Å²) in [5.41, 5.74) is 1.98. The average Bonchev–Trinajstić information content (AvgIpc) is 2.93. The van der Waals surface area contributed by atoms with Crippen LogP contribution in [0.2, 0.25) is 0 Å². The summed E-state index contributed by atoms with van der Waals surface area (Å²) in [6, 6.07) is 10.3.